The fourth-order valence-corrected chi connectivity index (χ4v) is 10.7. The van der Waals surface area contributed by atoms with Gasteiger partial charge in [0.05, 0.1) is 30.1 Å². The standard InChI is InChI=1S/C34H38F2N2O4Si/c1-22-17-29(37-42-22)33(39)28-18-25(32(31(36)30(28)35)38-19-23(2)41-24(3)20-38)21-40-43(34(4,5)6,26-13-9-7-10-14-26)27-15-11-8-12-16-27/h7-18,23-24H,19-21H2,1-6H3. The predicted molar refractivity (Wildman–Crippen MR) is 166 cm³/mol. The molecule has 226 valence electrons. The molecule has 5 rings (SSSR count). The number of aryl methyl sites for hydroxylation is 1. The molecule has 2 unspecified atom stereocenters. The number of ketones is 1. The van der Waals surface area contributed by atoms with Gasteiger partial charge in [0.1, 0.15) is 5.76 Å². The van der Waals surface area contributed by atoms with Crippen LogP contribution in [0, 0.1) is 18.6 Å². The molecule has 43 heavy (non-hydrogen) atoms. The lowest BCUT2D eigenvalue weighted by molar-refractivity contribution is -0.00553. The molecule has 0 spiro atoms. The Labute approximate surface area is 252 Å². The van der Waals surface area contributed by atoms with Gasteiger partial charge in [-0.25, -0.2) is 8.78 Å². The van der Waals surface area contributed by atoms with Gasteiger partial charge in [-0.1, -0.05) is 86.6 Å². The van der Waals surface area contributed by atoms with E-state index in [1.165, 1.54) is 12.1 Å². The minimum Gasteiger partial charge on any atom is -0.403 e. The van der Waals surface area contributed by atoms with Crippen molar-refractivity contribution in [2.75, 3.05) is 18.0 Å². The van der Waals surface area contributed by atoms with Crippen LogP contribution >= 0.6 is 0 Å². The van der Waals surface area contributed by atoms with Crippen molar-refractivity contribution in [2.24, 2.45) is 0 Å². The Morgan fingerprint density at radius 3 is 2.00 bits per heavy atom. The lowest BCUT2D eigenvalue weighted by Gasteiger charge is -2.43. The molecule has 0 N–H and O–H groups in total. The molecule has 1 aliphatic heterocycles. The summed E-state index contributed by atoms with van der Waals surface area (Å²) in [6.45, 7) is 12.6. The van der Waals surface area contributed by atoms with E-state index in [0.717, 1.165) is 10.4 Å². The first-order valence-electron chi connectivity index (χ1n) is 14.6. The topological polar surface area (TPSA) is 64.8 Å². The highest BCUT2D eigenvalue weighted by atomic mass is 28.4. The maximum absolute atomic E-state index is 16.2. The van der Waals surface area contributed by atoms with Crippen LogP contribution < -0.4 is 15.3 Å². The van der Waals surface area contributed by atoms with Crippen LogP contribution in [-0.4, -0.2) is 44.6 Å². The molecule has 0 bridgehead atoms. The number of morpholine rings is 1. The Balaban J connectivity index is 1.68. The second-order valence-corrected chi connectivity index (χ2v) is 16.6. The highest BCUT2D eigenvalue weighted by molar-refractivity contribution is 6.99. The summed E-state index contributed by atoms with van der Waals surface area (Å²) < 4.78 is 50.1. The first-order chi connectivity index (χ1) is 20.4. The van der Waals surface area contributed by atoms with E-state index in [2.05, 4.69) is 50.2 Å². The fourth-order valence-electron chi connectivity index (χ4n) is 6.21. The lowest BCUT2D eigenvalue weighted by atomic mass is 10.0. The van der Waals surface area contributed by atoms with Crippen LogP contribution in [0.5, 0.6) is 0 Å². The van der Waals surface area contributed by atoms with Crippen molar-refractivity contribution in [1.82, 2.24) is 5.16 Å². The first kappa shape index (κ1) is 30.8. The van der Waals surface area contributed by atoms with Crippen molar-refractivity contribution in [3.8, 4) is 0 Å². The van der Waals surface area contributed by atoms with E-state index in [0.29, 0.717) is 24.4 Å². The summed E-state index contributed by atoms with van der Waals surface area (Å²) in [6.07, 6.45) is -0.396. The van der Waals surface area contributed by atoms with Gasteiger partial charge < -0.3 is 18.6 Å². The zero-order chi connectivity index (χ0) is 30.9. The number of halogens is 2. The molecular weight excluding hydrogens is 566 g/mol. The van der Waals surface area contributed by atoms with Gasteiger partial charge >= 0.3 is 0 Å². The van der Waals surface area contributed by atoms with E-state index in [9.17, 15) is 4.79 Å². The monoisotopic (exact) mass is 604 g/mol. The van der Waals surface area contributed by atoms with Gasteiger partial charge in [-0.3, -0.25) is 4.79 Å². The normalized spacial score (nSPS) is 17.7. The molecule has 1 aromatic heterocycles. The van der Waals surface area contributed by atoms with Crippen molar-refractivity contribution in [3.05, 3.63) is 107 Å². The summed E-state index contributed by atoms with van der Waals surface area (Å²) in [4.78, 5) is 15.2. The van der Waals surface area contributed by atoms with Crippen molar-refractivity contribution in [3.63, 3.8) is 0 Å². The number of nitrogens with zero attached hydrogens (tertiary/aromatic N) is 2. The number of carbonyl (C=O) groups excluding carboxylic acids is 1. The zero-order valence-corrected chi connectivity index (χ0v) is 26.5. The quantitative estimate of drug-likeness (QED) is 0.177. The lowest BCUT2D eigenvalue weighted by Crippen LogP contribution is -2.66. The van der Waals surface area contributed by atoms with Gasteiger partial charge in [0.25, 0.3) is 8.32 Å². The highest BCUT2D eigenvalue weighted by Crippen LogP contribution is 2.39. The van der Waals surface area contributed by atoms with Crippen LogP contribution in [0.4, 0.5) is 14.5 Å². The largest absolute Gasteiger partial charge is 0.403 e. The van der Waals surface area contributed by atoms with E-state index < -0.39 is 31.3 Å². The molecule has 0 saturated carbocycles. The number of hydrogen-bond donors (Lipinski definition) is 0. The molecule has 0 amide bonds. The smallest absolute Gasteiger partial charge is 0.261 e. The third-order valence-electron chi connectivity index (χ3n) is 7.96. The Morgan fingerprint density at radius 2 is 1.51 bits per heavy atom. The van der Waals surface area contributed by atoms with Crippen LogP contribution in [0.15, 0.2) is 77.3 Å². The number of aromatic nitrogens is 1. The van der Waals surface area contributed by atoms with Crippen molar-refractivity contribution < 1.29 is 27.3 Å². The summed E-state index contributed by atoms with van der Waals surface area (Å²) in [5, 5.41) is 5.53. The molecule has 9 heteroatoms. The Kier molecular flexibility index (Phi) is 8.69. The van der Waals surface area contributed by atoms with Crippen LogP contribution in [0.2, 0.25) is 5.04 Å². The fraction of sp³-hybridized carbons (Fsp3) is 0.353. The number of hydrogen-bond acceptors (Lipinski definition) is 6. The molecule has 1 aliphatic rings. The first-order valence-corrected chi connectivity index (χ1v) is 16.5. The minimum atomic E-state index is -3.04. The van der Waals surface area contributed by atoms with E-state index in [4.69, 9.17) is 13.7 Å². The van der Waals surface area contributed by atoms with Gasteiger partial charge in [-0.2, -0.15) is 0 Å². The molecule has 3 aromatic carbocycles. The van der Waals surface area contributed by atoms with E-state index in [-0.39, 0.29) is 35.2 Å². The van der Waals surface area contributed by atoms with E-state index >= 15 is 8.78 Å². The van der Waals surface area contributed by atoms with Gasteiger partial charge in [0, 0.05) is 24.7 Å². The van der Waals surface area contributed by atoms with Crippen LogP contribution in [0.3, 0.4) is 0 Å². The van der Waals surface area contributed by atoms with Crippen molar-refractivity contribution in [2.45, 2.75) is 65.4 Å². The third-order valence-corrected chi connectivity index (χ3v) is 12.9. The average Bonchev–Trinajstić information content (AvgIpc) is 3.41. The van der Waals surface area contributed by atoms with E-state index in [1.54, 1.807) is 11.8 Å². The zero-order valence-electron chi connectivity index (χ0n) is 25.5. The summed E-state index contributed by atoms with van der Waals surface area (Å²) in [7, 11) is -3.04. The number of anilines is 1. The van der Waals surface area contributed by atoms with Crippen molar-refractivity contribution >= 4 is 30.2 Å². The third kappa shape index (κ3) is 5.94. The number of rotatable bonds is 8. The molecule has 1 fully saturated rings. The summed E-state index contributed by atoms with van der Waals surface area (Å²) in [5.74, 6) is -2.67. The Hall–Kier alpha value is -3.66. The maximum Gasteiger partial charge on any atom is 0.261 e. The second-order valence-electron chi connectivity index (χ2n) is 12.3. The average molecular weight is 605 g/mol. The van der Waals surface area contributed by atoms with Crippen LogP contribution in [0.25, 0.3) is 0 Å². The summed E-state index contributed by atoms with van der Waals surface area (Å²) in [6, 6.07) is 23.0. The Bertz CT molecular complexity index is 1540. The summed E-state index contributed by atoms with van der Waals surface area (Å²) in [5.41, 5.74) is -0.0250. The maximum atomic E-state index is 16.2. The molecule has 2 heterocycles. The second kappa shape index (κ2) is 12.1. The molecule has 0 aliphatic carbocycles. The van der Waals surface area contributed by atoms with Crippen LogP contribution in [-0.2, 0) is 15.8 Å². The molecule has 2 atom stereocenters. The molecular formula is C34H38F2N2O4Si. The van der Waals surface area contributed by atoms with Gasteiger partial charge in [-0.15, -0.1) is 0 Å². The SMILES string of the molecule is Cc1cc(C(=O)c2cc(CO[Si](c3ccccc3)(c3ccccc3)C(C)(C)C)c(N3CC(C)OC(C)C3)c(F)c2F)no1. The molecule has 6 nitrogen and oxygen atoms in total. The molecule has 4 aromatic rings. The minimum absolute atomic E-state index is 0.0436. The van der Waals surface area contributed by atoms with Gasteiger partial charge in [0.2, 0.25) is 5.78 Å². The number of carbonyl (C=O) groups is 1. The molecule has 0 radical (unpaired) electrons. The number of benzene rings is 3. The van der Waals surface area contributed by atoms with Crippen LogP contribution in [0.1, 0.15) is 62.0 Å². The number of ether oxygens (including phenoxy) is 1. The predicted octanol–water partition coefficient (Wildman–Crippen LogP) is 6.18. The summed E-state index contributed by atoms with van der Waals surface area (Å²) >= 11 is 0. The van der Waals surface area contributed by atoms with Gasteiger partial charge in [0.15, 0.2) is 17.3 Å². The van der Waals surface area contributed by atoms with E-state index in [1.807, 2.05) is 50.2 Å². The molecule has 1 saturated heterocycles. The van der Waals surface area contributed by atoms with Crippen molar-refractivity contribution in [1.29, 1.82) is 0 Å². The Morgan fingerprint density at radius 1 is 0.953 bits per heavy atom. The highest BCUT2D eigenvalue weighted by Gasteiger charge is 2.50. The van der Waals surface area contributed by atoms with Gasteiger partial charge in [-0.05, 0) is 42.2 Å².